The van der Waals surface area contributed by atoms with Gasteiger partial charge in [-0.25, -0.2) is 14.8 Å². The van der Waals surface area contributed by atoms with Gasteiger partial charge in [0.2, 0.25) is 0 Å². The molecule has 0 radical (unpaired) electrons. The van der Waals surface area contributed by atoms with Crippen molar-refractivity contribution >= 4 is 23.2 Å². The zero-order valence-electron chi connectivity index (χ0n) is 17.2. The average Bonchev–Trinajstić information content (AvgIpc) is 3.25. The van der Waals surface area contributed by atoms with Crippen LogP contribution in [-0.2, 0) is 17.8 Å². The van der Waals surface area contributed by atoms with E-state index in [0.717, 1.165) is 45.4 Å². The van der Waals surface area contributed by atoms with Crippen LogP contribution in [0.25, 0.3) is 5.65 Å². The molecule has 1 amide bonds. The minimum Gasteiger partial charge on any atom is -0.450 e. The fourth-order valence-corrected chi connectivity index (χ4v) is 3.90. The number of aromatic nitrogens is 3. The molecule has 152 valence electrons. The third-order valence-corrected chi connectivity index (χ3v) is 5.24. The number of nitrogens with two attached hydrogens (primary N) is 1. The van der Waals surface area contributed by atoms with E-state index in [2.05, 4.69) is 23.3 Å². The van der Waals surface area contributed by atoms with Crippen molar-refractivity contribution in [2.24, 2.45) is 0 Å². The van der Waals surface area contributed by atoms with Crippen molar-refractivity contribution in [2.75, 3.05) is 17.7 Å². The third kappa shape index (κ3) is 3.46. The normalized spacial score (nSPS) is 14.1. The molecule has 8 nitrogen and oxygen atoms in total. The van der Waals surface area contributed by atoms with Gasteiger partial charge in [-0.3, -0.25) is 9.30 Å². The van der Waals surface area contributed by atoms with Gasteiger partial charge in [0.25, 0.3) is 0 Å². The number of hydrogen-bond acceptors (Lipinski definition) is 6. The van der Waals surface area contributed by atoms with Crippen LogP contribution in [0.3, 0.4) is 0 Å². The van der Waals surface area contributed by atoms with Crippen LogP contribution in [0.2, 0.25) is 0 Å². The molecule has 1 aromatic carbocycles. The average molecular weight is 394 g/mol. The number of hydrogen-bond donors (Lipinski definition) is 2. The van der Waals surface area contributed by atoms with E-state index in [-0.39, 0.29) is 12.1 Å². The van der Waals surface area contributed by atoms with Crippen LogP contribution in [0.1, 0.15) is 48.1 Å². The Kier molecular flexibility index (Phi) is 4.77. The lowest BCUT2D eigenvalue weighted by Gasteiger charge is -2.19. The van der Waals surface area contributed by atoms with Gasteiger partial charge in [-0.2, -0.15) is 0 Å². The lowest BCUT2D eigenvalue weighted by atomic mass is 10.0. The molecule has 29 heavy (non-hydrogen) atoms. The first-order chi connectivity index (χ1) is 13.9. The fraction of sp³-hybridized carbons (Fsp3) is 0.381. The van der Waals surface area contributed by atoms with Gasteiger partial charge in [-0.05, 0) is 51.0 Å². The summed E-state index contributed by atoms with van der Waals surface area (Å²) < 4.78 is 7.21. The number of anilines is 2. The zero-order chi connectivity index (χ0) is 20.7. The number of benzene rings is 1. The highest BCUT2D eigenvalue weighted by Gasteiger charge is 2.30. The summed E-state index contributed by atoms with van der Waals surface area (Å²) >= 11 is 0. The summed E-state index contributed by atoms with van der Waals surface area (Å²) in [4.78, 5) is 23.2. The molecule has 4 rings (SSSR count). The number of nitrogens with one attached hydrogen (secondary N) is 1. The first kappa shape index (κ1) is 19.0. The predicted molar refractivity (Wildman–Crippen MR) is 112 cm³/mol. The number of ether oxygens (including phenoxy) is 1. The number of imidazole rings is 1. The van der Waals surface area contributed by atoms with Crippen molar-refractivity contribution in [3.63, 3.8) is 0 Å². The Morgan fingerprint density at radius 3 is 2.83 bits per heavy atom. The number of carbonyl (C=O) groups excluding carboxylic acids is 1. The largest absolute Gasteiger partial charge is 0.450 e. The lowest BCUT2D eigenvalue weighted by Crippen LogP contribution is -2.26. The number of amides is 1. The molecule has 0 aliphatic carbocycles. The molecule has 2 aromatic heterocycles. The first-order valence-corrected chi connectivity index (χ1v) is 9.78. The van der Waals surface area contributed by atoms with Crippen molar-refractivity contribution < 1.29 is 9.53 Å². The minimum absolute atomic E-state index is 0.00286. The second-order valence-electron chi connectivity index (χ2n) is 7.48. The summed E-state index contributed by atoms with van der Waals surface area (Å²) in [5.74, 6) is 1.60. The van der Waals surface area contributed by atoms with Gasteiger partial charge in [0.05, 0.1) is 37.6 Å². The molecular weight excluding hydrogens is 368 g/mol. The van der Waals surface area contributed by atoms with E-state index in [1.165, 1.54) is 0 Å². The monoisotopic (exact) mass is 394 g/mol. The maximum absolute atomic E-state index is 12.3. The van der Waals surface area contributed by atoms with Crippen molar-refractivity contribution in [3.8, 4) is 0 Å². The molecular formula is C21H26N6O2. The second-order valence-corrected chi connectivity index (χ2v) is 7.48. The van der Waals surface area contributed by atoms with Crippen molar-refractivity contribution in [2.45, 2.75) is 46.8 Å². The number of nitrogen functional groups attached to an aromatic ring is 1. The summed E-state index contributed by atoms with van der Waals surface area (Å²) in [6.07, 6.45) is 1.43. The SMILES string of the molecule is CCOC(=O)N1Cc2c(NC(C)c3cc(C)cc(N)c3)nc3cnc(C)n3c2C1. The van der Waals surface area contributed by atoms with Crippen LogP contribution >= 0.6 is 0 Å². The molecule has 0 fully saturated rings. The van der Waals surface area contributed by atoms with Gasteiger partial charge in [0, 0.05) is 11.3 Å². The Morgan fingerprint density at radius 1 is 1.31 bits per heavy atom. The van der Waals surface area contributed by atoms with Gasteiger partial charge >= 0.3 is 6.09 Å². The molecule has 0 saturated heterocycles. The summed E-state index contributed by atoms with van der Waals surface area (Å²) in [6, 6.07) is 6.03. The highest BCUT2D eigenvalue weighted by atomic mass is 16.6. The Balaban J connectivity index is 1.72. The van der Waals surface area contributed by atoms with Crippen LogP contribution in [0.4, 0.5) is 16.3 Å². The van der Waals surface area contributed by atoms with Crippen LogP contribution in [0.15, 0.2) is 24.4 Å². The van der Waals surface area contributed by atoms with E-state index in [4.69, 9.17) is 15.5 Å². The summed E-state index contributed by atoms with van der Waals surface area (Å²) in [7, 11) is 0. The van der Waals surface area contributed by atoms with Crippen LogP contribution in [0, 0.1) is 13.8 Å². The van der Waals surface area contributed by atoms with E-state index < -0.39 is 0 Å². The maximum atomic E-state index is 12.3. The molecule has 3 heterocycles. The van der Waals surface area contributed by atoms with Crippen molar-refractivity contribution in [1.29, 1.82) is 0 Å². The summed E-state index contributed by atoms with van der Waals surface area (Å²) in [5.41, 5.74) is 11.7. The maximum Gasteiger partial charge on any atom is 0.410 e. The van der Waals surface area contributed by atoms with E-state index in [1.54, 1.807) is 11.1 Å². The Hall–Kier alpha value is -3.29. The molecule has 3 aromatic rings. The van der Waals surface area contributed by atoms with Crippen LogP contribution < -0.4 is 11.1 Å². The number of aryl methyl sites for hydroxylation is 2. The summed E-state index contributed by atoms with van der Waals surface area (Å²) in [6.45, 7) is 9.11. The molecule has 0 saturated carbocycles. The smallest absolute Gasteiger partial charge is 0.410 e. The third-order valence-electron chi connectivity index (χ3n) is 5.24. The number of carbonyl (C=O) groups is 1. The highest BCUT2D eigenvalue weighted by molar-refractivity contribution is 5.70. The summed E-state index contributed by atoms with van der Waals surface area (Å²) in [5, 5.41) is 3.52. The molecule has 1 aliphatic heterocycles. The van der Waals surface area contributed by atoms with Crippen molar-refractivity contribution in [3.05, 3.63) is 52.6 Å². The van der Waals surface area contributed by atoms with E-state index in [9.17, 15) is 4.79 Å². The molecule has 0 bridgehead atoms. The molecule has 3 N–H and O–H groups in total. The van der Waals surface area contributed by atoms with E-state index >= 15 is 0 Å². The quantitative estimate of drug-likeness (QED) is 0.657. The molecule has 8 heteroatoms. The lowest BCUT2D eigenvalue weighted by molar-refractivity contribution is 0.106. The van der Waals surface area contributed by atoms with Crippen LogP contribution in [0.5, 0.6) is 0 Å². The molecule has 0 spiro atoms. The Bertz CT molecular complexity index is 1070. The number of fused-ring (bicyclic) bond motifs is 3. The first-order valence-electron chi connectivity index (χ1n) is 9.78. The molecule has 1 aliphatic rings. The van der Waals surface area contributed by atoms with Gasteiger partial charge in [-0.1, -0.05) is 6.07 Å². The Morgan fingerprint density at radius 2 is 2.10 bits per heavy atom. The van der Waals surface area contributed by atoms with Crippen molar-refractivity contribution in [1.82, 2.24) is 19.3 Å². The predicted octanol–water partition coefficient (Wildman–Crippen LogP) is 3.57. The molecule has 1 unspecified atom stereocenters. The van der Waals surface area contributed by atoms with Gasteiger partial charge in [0.1, 0.15) is 11.6 Å². The van der Waals surface area contributed by atoms with Gasteiger partial charge < -0.3 is 15.8 Å². The van der Waals surface area contributed by atoms with Gasteiger partial charge in [-0.15, -0.1) is 0 Å². The topological polar surface area (TPSA) is 97.8 Å². The van der Waals surface area contributed by atoms with E-state index in [1.807, 2.05) is 37.3 Å². The van der Waals surface area contributed by atoms with Gasteiger partial charge in [0.15, 0.2) is 5.65 Å². The number of nitrogens with zero attached hydrogens (tertiary/aromatic N) is 4. The van der Waals surface area contributed by atoms with Crippen LogP contribution in [-0.4, -0.2) is 32.0 Å². The van der Waals surface area contributed by atoms with E-state index in [0.29, 0.717) is 19.7 Å². The highest BCUT2D eigenvalue weighted by Crippen LogP contribution is 2.32. The standard InChI is InChI=1S/C21H26N6O2/c1-5-29-21(28)26-10-17-18(11-26)27-14(4)23-9-19(27)25-20(17)24-13(3)15-6-12(2)7-16(22)8-15/h6-9,13H,5,10-11,22H2,1-4H3,(H,24,25). The minimum atomic E-state index is -0.319. The molecule has 1 atom stereocenters. The number of rotatable bonds is 4. The second kappa shape index (κ2) is 7.27. The zero-order valence-corrected chi connectivity index (χ0v) is 17.2. The Labute approximate surface area is 169 Å². The fourth-order valence-electron chi connectivity index (χ4n) is 3.90.